The summed E-state index contributed by atoms with van der Waals surface area (Å²) in [6.45, 7) is 4.94. The van der Waals surface area contributed by atoms with Crippen LogP contribution >= 0.6 is 11.6 Å². The van der Waals surface area contributed by atoms with Crippen molar-refractivity contribution in [3.63, 3.8) is 0 Å². The molecule has 0 amide bonds. The fraction of sp³-hybridized carbons (Fsp3) is 0.241. The van der Waals surface area contributed by atoms with E-state index >= 15 is 0 Å². The molecule has 0 saturated carbocycles. The van der Waals surface area contributed by atoms with Gasteiger partial charge in [-0.25, -0.2) is 4.98 Å². The van der Waals surface area contributed by atoms with Crippen LogP contribution < -0.4 is 9.46 Å². The highest BCUT2D eigenvalue weighted by atomic mass is 35.5. The molecule has 1 aromatic heterocycles. The number of aryl methyl sites for hydroxylation is 2. The van der Waals surface area contributed by atoms with Crippen LogP contribution in [0.2, 0.25) is 5.02 Å². The van der Waals surface area contributed by atoms with Gasteiger partial charge in [0.25, 0.3) is 0 Å². The van der Waals surface area contributed by atoms with Crippen LogP contribution in [0.25, 0.3) is 11.5 Å². The molecule has 0 atom stereocenters. The topological polar surface area (TPSA) is 111 Å². The standard InChI is InChI=1S/C29H30ClN3O6S/c1-4-37-28(34)18-33(40(35,36)32-26-14-13-24(30)15-20(26)2)17-22-9-8-12-25(16-22)38-19-27-21(3)39-29(31-27)23-10-6-5-7-11-23/h5-16,32H,4,17-19H2,1-3H3. The Morgan fingerprint density at radius 3 is 2.55 bits per heavy atom. The van der Waals surface area contributed by atoms with Crippen molar-refractivity contribution in [2.75, 3.05) is 17.9 Å². The molecule has 0 unspecified atom stereocenters. The van der Waals surface area contributed by atoms with Crippen LogP contribution in [-0.2, 0) is 32.9 Å². The lowest BCUT2D eigenvalue weighted by molar-refractivity contribution is -0.143. The van der Waals surface area contributed by atoms with Gasteiger partial charge < -0.3 is 13.9 Å². The van der Waals surface area contributed by atoms with Gasteiger partial charge in [-0.2, -0.15) is 12.7 Å². The van der Waals surface area contributed by atoms with E-state index < -0.39 is 22.7 Å². The van der Waals surface area contributed by atoms with Crippen molar-refractivity contribution in [2.24, 2.45) is 0 Å². The highest BCUT2D eigenvalue weighted by molar-refractivity contribution is 7.90. The van der Waals surface area contributed by atoms with Crippen LogP contribution in [0.3, 0.4) is 0 Å². The van der Waals surface area contributed by atoms with E-state index in [4.69, 9.17) is 25.5 Å². The lowest BCUT2D eigenvalue weighted by Crippen LogP contribution is -2.39. The van der Waals surface area contributed by atoms with Gasteiger partial charge in [0.1, 0.15) is 30.4 Å². The minimum absolute atomic E-state index is 0.0981. The van der Waals surface area contributed by atoms with Gasteiger partial charge in [0.2, 0.25) is 5.89 Å². The van der Waals surface area contributed by atoms with Crippen molar-refractivity contribution < 1.29 is 27.1 Å². The number of ether oxygens (including phenoxy) is 2. The zero-order chi connectivity index (χ0) is 28.7. The Hall–Kier alpha value is -3.86. The van der Waals surface area contributed by atoms with Crippen molar-refractivity contribution in [3.8, 4) is 17.2 Å². The Balaban J connectivity index is 1.50. The molecule has 0 bridgehead atoms. The molecular formula is C29H30ClN3O6S. The third-order valence-electron chi connectivity index (χ3n) is 5.92. The van der Waals surface area contributed by atoms with Crippen LogP contribution in [0, 0.1) is 13.8 Å². The maximum atomic E-state index is 13.4. The number of nitrogens with one attached hydrogen (secondary N) is 1. The van der Waals surface area contributed by atoms with Crippen LogP contribution in [0.1, 0.15) is 29.5 Å². The number of halogens is 1. The molecule has 1 N–H and O–H groups in total. The molecule has 1 heterocycles. The number of carbonyl (C=O) groups is 1. The third kappa shape index (κ3) is 7.62. The van der Waals surface area contributed by atoms with E-state index in [9.17, 15) is 13.2 Å². The first kappa shape index (κ1) is 29.1. The Kier molecular flexibility index (Phi) is 9.46. The average Bonchev–Trinajstić information content (AvgIpc) is 3.30. The average molecular weight is 584 g/mol. The number of carbonyl (C=O) groups excluding carboxylic acids is 1. The highest BCUT2D eigenvalue weighted by Gasteiger charge is 2.26. The monoisotopic (exact) mass is 583 g/mol. The molecule has 0 radical (unpaired) electrons. The highest BCUT2D eigenvalue weighted by Crippen LogP contribution is 2.25. The first-order valence-corrected chi connectivity index (χ1v) is 14.4. The number of hydrogen-bond acceptors (Lipinski definition) is 7. The molecule has 4 aromatic rings. The van der Waals surface area contributed by atoms with Gasteiger partial charge in [-0.1, -0.05) is 41.9 Å². The van der Waals surface area contributed by atoms with E-state index in [0.717, 1.165) is 9.87 Å². The summed E-state index contributed by atoms with van der Waals surface area (Å²) in [5.74, 6) is 0.999. The van der Waals surface area contributed by atoms with Gasteiger partial charge in [0.05, 0.1) is 12.3 Å². The third-order valence-corrected chi connectivity index (χ3v) is 7.58. The quantitative estimate of drug-likeness (QED) is 0.206. The molecule has 0 spiro atoms. The summed E-state index contributed by atoms with van der Waals surface area (Å²) in [7, 11) is -4.14. The molecule has 0 fully saturated rings. The van der Waals surface area contributed by atoms with Crippen molar-refractivity contribution in [2.45, 2.75) is 33.9 Å². The van der Waals surface area contributed by atoms with Crippen molar-refractivity contribution in [1.29, 1.82) is 0 Å². The molecule has 4 rings (SSSR count). The number of oxazole rings is 1. The molecular weight excluding hydrogens is 554 g/mol. The summed E-state index contributed by atoms with van der Waals surface area (Å²) in [5, 5.41) is 0.484. The molecule has 40 heavy (non-hydrogen) atoms. The molecule has 0 aliphatic carbocycles. The SMILES string of the molecule is CCOC(=O)CN(Cc1cccc(OCc2nc(-c3ccccc3)oc2C)c1)S(=O)(=O)Nc1ccc(Cl)cc1C. The number of nitrogens with zero attached hydrogens (tertiary/aromatic N) is 2. The Morgan fingerprint density at radius 1 is 1.05 bits per heavy atom. The number of anilines is 1. The summed E-state index contributed by atoms with van der Waals surface area (Å²) in [6.07, 6.45) is 0. The number of aromatic nitrogens is 1. The summed E-state index contributed by atoms with van der Waals surface area (Å²) < 4.78 is 47.1. The van der Waals surface area contributed by atoms with Crippen LogP contribution in [0.15, 0.2) is 77.2 Å². The number of esters is 1. The Bertz CT molecular complexity index is 1570. The van der Waals surface area contributed by atoms with Crippen molar-refractivity contribution >= 4 is 33.5 Å². The van der Waals surface area contributed by atoms with Gasteiger partial charge in [-0.3, -0.25) is 9.52 Å². The molecule has 0 aliphatic heterocycles. The van der Waals surface area contributed by atoms with E-state index in [1.165, 1.54) is 0 Å². The zero-order valence-electron chi connectivity index (χ0n) is 22.4. The Morgan fingerprint density at radius 2 is 1.82 bits per heavy atom. The maximum absolute atomic E-state index is 13.4. The van der Waals surface area contributed by atoms with Gasteiger partial charge >= 0.3 is 16.2 Å². The predicted octanol–water partition coefficient (Wildman–Crippen LogP) is 5.91. The second-order valence-electron chi connectivity index (χ2n) is 8.96. The Labute approximate surface area is 238 Å². The second kappa shape index (κ2) is 13.0. The van der Waals surface area contributed by atoms with Gasteiger partial charge in [0.15, 0.2) is 0 Å². The van der Waals surface area contributed by atoms with Gasteiger partial charge in [0, 0.05) is 17.1 Å². The predicted molar refractivity (Wildman–Crippen MR) is 153 cm³/mol. The number of rotatable bonds is 12. The van der Waals surface area contributed by atoms with Crippen LogP contribution in [0.4, 0.5) is 5.69 Å². The lowest BCUT2D eigenvalue weighted by Gasteiger charge is -2.23. The molecule has 9 nitrogen and oxygen atoms in total. The van der Waals surface area contributed by atoms with Gasteiger partial charge in [-0.05, 0) is 74.4 Å². The number of hydrogen-bond donors (Lipinski definition) is 1. The van der Waals surface area contributed by atoms with E-state index in [2.05, 4.69) is 9.71 Å². The molecule has 11 heteroatoms. The summed E-state index contributed by atoms with van der Waals surface area (Å²) in [4.78, 5) is 16.9. The first-order valence-electron chi connectivity index (χ1n) is 12.6. The first-order chi connectivity index (χ1) is 19.1. The van der Waals surface area contributed by atoms with Gasteiger partial charge in [-0.15, -0.1) is 0 Å². The van der Waals surface area contributed by atoms with Crippen LogP contribution in [0.5, 0.6) is 5.75 Å². The van der Waals surface area contributed by atoms with Crippen molar-refractivity contribution in [3.05, 3.63) is 100 Å². The van der Waals surface area contributed by atoms with E-state index in [0.29, 0.717) is 44.9 Å². The largest absolute Gasteiger partial charge is 0.487 e. The molecule has 0 aliphatic rings. The summed E-state index contributed by atoms with van der Waals surface area (Å²) in [5.41, 5.74) is 3.12. The maximum Gasteiger partial charge on any atom is 0.321 e. The fourth-order valence-corrected chi connectivity index (χ4v) is 5.33. The minimum Gasteiger partial charge on any atom is -0.487 e. The van der Waals surface area contributed by atoms with E-state index in [1.54, 1.807) is 56.3 Å². The second-order valence-corrected chi connectivity index (χ2v) is 11.1. The minimum atomic E-state index is -4.14. The van der Waals surface area contributed by atoms with E-state index in [-0.39, 0.29) is 19.8 Å². The van der Waals surface area contributed by atoms with Crippen molar-refractivity contribution in [1.82, 2.24) is 9.29 Å². The molecule has 3 aromatic carbocycles. The van der Waals surface area contributed by atoms with Crippen LogP contribution in [-0.4, -0.2) is 36.8 Å². The fourth-order valence-electron chi connectivity index (χ4n) is 3.88. The molecule has 0 saturated heterocycles. The van der Waals surface area contributed by atoms with E-state index in [1.807, 2.05) is 37.3 Å². The summed E-state index contributed by atoms with van der Waals surface area (Å²) >= 11 is 6.01. The molecule has 210 valence electrons. The number of benzene rings is 3. The normalized spacial score (nSPS) is 11.4. The zero-order valence-corrected chi connectivity index (χ0v) is 24.0. The smallest absolute Gasteiger partial charge is 0.321 e. The summed E-state index contributed by atoms with van der Waals surface area (Å²) in [6, 6.07) is 21.4. The lowest BCUT2D eigenvalue weighted by atomic mass is 10.2.